The summed E-state index contributed by atoms with van der Waals surface area (Å²) < 4.78 is 17.8. The Bertz CT molecular complexity index is 1570. The quantitative estimate of drug-likeness (QED) is 0.135. The van der Waals surface area contributed by atoms with Crippen molar-refractivity contribution < 1.29 is 19.0 Å². The van der Waals surface area contributed by atoms with E-state index >= 15 is 0 Å². The van der Waals surface area contributed by atoms with Gasteiger partial charge in [-0.05, 0) is 55.8 Å². The van der Waals surface area contributed by atoms with E-state index in [0.717, 1.165) is 61.6 Å². The number of ether oxygens (including phenoxy) is 3. The minimum atomic E-state index is -0.325. The standard InChI is InChI=1S/C31H42N8O5/c1-5-6-16-44-30-35-28(32)27-29(36-30)39(31(41)34-27)21-23-11-12-25(33-20-23)38(3)14-8-13-37(2)15-17-43-24-10-7-9-22(18-24)19-26(40)42-4/h7,9-12,18,20H,5-6,8,13-17,19,21H2,1-4H3,(H,34,41)(H2,32,35,36). The minimum absolute atomic E-state index is 0.159. The van der Waals surface area contributed by atoms with Crippen LogP contribution >= 0.6 is 0 Å². The SMILES string of the molecule is CCCCOc1nc(N)c2[nH]c(=O)n(Cc3ccc(N(C)CCCN(C)CCOc4cccc(CC(=O)OC)c4)nc3)c2n1. The highest BCUT2D eigenvalue weighted by molar-refractivity contribution is 5.82. The van der Waals surface area contributed by atoms with E-state index in [-0.39, 0.29) is 36.5 Å². The molecule has 236 valence electrons. The summed E-state index contributed by atoms with van der Waals surface area (Å²) in [5, 5.41) is 0. The maximum Gasteiger partial charge on any atom is 0.328 e. The second kappa shape index (κ2) is 15.7. The Morgan fingerprint density at radius 2 is 1.86 bits per heavy atom. The maximum absolute atomic E-state index is 12.7. The normalized spacial score (nSPS) is 11.2. The van der Waals surface area contributed by atoms with Gasteiger partial charge in [-0.3, -0.25) is 9.36 Å². The van der Waals surface area contributed by atoms with E-state index in [9.17, 15) is 9.59 Å². The lowest BCUT2D eigenvalue weighted by Crippen LogP contribution is -2.29. The Balaban J connectivity index is 1.24. The zero-order valence-corrected chi connectivity index (χ0v) is 25.9. The van der Waals surface area contributed by atoms with Gasteiger partial charge in [-0.15, -0.1) is 0 Å². The fourth-order valence-electron chi connectivity index (χ4n) is 4.58. The van der Waals surface area contributed by atoms with Crippen LogP contribution in [0.1, 0.15) is 37.3 Å². The molecule has 3 aromatic heterocycles. The van der Waals surface area contributed by atoms with Crippen LogP contribution in [0.5, 0.6) is 11.8 Å². The molecule has 0 saturated carbocycles. The lowest BCUT2D eigenvalue weighted by Gasteiger charge is -2.21. The number of fused-ring (bicyclic) bond motifs is 1. The van der Waals surface area contributed by atoms with Gasteiger partial charge in [0.05, 0.1) is 26.7 Å². The van der Waals surface area contributed by atoms with Crippen molar-refractivity contribution in [2.45, 2.75) is 39.2 Å². The van der Waals surface area contributed by atoms with Gasteiger partial charge in [-0.2, -0.15) is 9.97 Å². The minimum Gasteiger partial charge on any atom is -0.492 e. The first-order valence-electron chi connectivity index (χ1n) is 14.8. The number of hydrogen-bond donors (Lipinski definition) is 2. The first-order valence-corrected chi connectivity index (χ1v) is 14.8. The third-order valence-electron chi connectivity index (χ3n) is 7.15. The molecular weight excluding hydrogens is 564 g/mol. The van der Waals surface area contributed by atoms with Crippen molar-refractivity contribution in [3.05, 3.63) is 64.2 Å². The van der Waals surface area contributed by atoms with Crippen molar-refractivity contribution in [2.75, 3.05) is 64.7 Å². The molecule has 44 heavy (non-hydrogen) atoms. The molecule has 0 bridgehead atoms. The highest BCUT2D eigenvalue weighted by Gasteiger charge is 2.15. The molecule has 0 unspecified atom stereocenters. The molecule has 4 aromatic rings. The van der Waals surface area contributed by atoms with Crippen LogP contribution in [-0.2, 0) is 22.5 Å². The largest absolute Gasteiger partial charge is 0.492 e. The van der Waals surface area contributed by atoms with Gasteiger partial charge in [0.1, 0.15) is 23.7 Å². The average Bonchev–Trinajstić information content (AvgIpc) is 3.32. The average molecular weight is 607 g/mol. The highest BCUT2D eigenvalue weighted by atomic mass is 16.5. The number of imidazole rings is 1. The fourth-order valence-corrected chi connectivity index (χ4v) is 4.58. The lowest BCUT2D eigenvalue weighted by atomic mass is 10.1. The van der Waals surface area contributed by atoms with Crippen LogP contribution in [0.25, 0.3) is 11.2 Å². The van der Waals surface area contributed by atoms with Gasteiger partial charge in [0.15, 0.2) is 11.5 Å². The van der Waals surface area contributed by atoms with Crippen LogP contribution in [0.15, 0.2) is 47.4 Å². The van der Waals surface area contributed by atoms with Gasteiger partial charge in [-0.1, -0.05) is 31.5 Å². The molecule has 0 fully saturated rings. The number of nitrogens with one attached hydrogen (secondary N) is 1. The number of carbonyl (C=O) groups is 1. The van der Waals surface area contributed by atoms with E-state index in [0.29, 0.717) is 24.4 Å². The van der Waals surface area contributed by atoms with Crippen LogP contribution in [0.4, 0.5) is 11.6 Å². The third-order valence-corrected chi connectivity index (χ3v) is 7.15. The molecule has 4 rings (SSSR count). The lowest BCUT2D eigenvalue weighted by molar-refractivity contribution is -0.139. The molecule has 3 heterocycles. The molecule has 0 aliphatic heterocycles. The smallest absolute Gasteiger partial charge is 0.328 e. The molecule has 1 aromatic carbocycles. The predicted octanol–water partition coefficient (Wildman–Crippen LogP) is 2.88. The number of aromatic nitrogens is 5. The highest BCUT2D eigenvalue weighted by Crippen LogP contribution is 2.19. The zero-order valence-electron chi connectivity index (χ0n) is 25.9. The van der Waals surface area contributed by atoms with Gasteiger partial charge in [-0.25, -0.2) is 9.78 Å². The molecule has 0 atom stereocenters. The molecule has 0 amide bonds. The second-order valence-corrected chi connectivity index (χ2v) is 10.7. The number of anilines is 2. The summed E-state index contributed by atoms with van der Waals surface area (Å²) in [7, 11) is 5.46. The van der Waals surface area contributed by atoms with Crippen molar-refractivity contribution in [3.8, 4) is 11.8 Å². The number of carbonyl (C=O) groups excluding carboxylic acids is 1. The van der Waals surface area contributed by atoms with Crippen LogP contribution in [0.2, 0.25) is 0 Å². The van der Waals surface area contributed by atoms with Crippen molar-refractivity contribution >= 4 is 28.8 Å². The Morgan fingerprint density at radius 3 is 2.61 bits per heavy atom. The zero-order chi connectivity index (χ0) is 31.5. The fraction of sp³-hybridized carbons (Fsp3) is 0.452. The summed E-state index contributed by atoms with van der Waals surface area (Å²) in [5.74, 6) is 1.48. The first-order chi connectivity index (χ1) is 21.3. The molecule has 0 saturated heterocycles. The first kappa shape index (κ1) is 32.3. The number of likely N-dealkylation sites (N-methyl/N-ethyl adjacent to an activating group) is 1. The molecular formula is C31H42N8O5. The molecule has 13 nitrogen and oxygen atoms in total. The number of benzene rings is 1. The maximum atomic E-state index is 12.7. The Kier molecular flexibility index (Phi) is 11.5. The second-order valence-electron chi connectivity index (χ2n) is 10.7. The van der Waals surface area contributed by atoms with E-state index in [4.69, 9.17) is 19.9 Å². The van der Waals surface area contributed by atoms with Crippen LogP contribution in [0, 0.1) is 0 Å². The van der Waals surface area contributed by atoms with Crippen molar-refractivity contribution in [1.29, 1.82) is 0 Å². The number of pyridine rings is 1. The summed E-state index contributed by atoms with van der Waals surface area (Å²) in [4.78, 5) is 44.5. The Morgan fingerprint density at radius 1 is 1.02 bits per heavy atom. The number of unbranched alkanes of at least 4 members (excludes halogenated alkanes) is 1. The van der Waals surface area contributed by atoms with Gasteiger partial charge < -0.3 is 34.7 Å². The van der Waals surface area contributed by atoms with Crippen LogP contribution in [0.3, 0.4) is 0 Å². The Hall–Kier alpha value is -4.65. The summed E-state index contributed by atoms with van der Waals surface area (Å²) in [5.41, 5.74) is 8.25. The summed E-state index contributed by atoms with van der Waals surface area (Å²) >= 11 is 0. The molecule has 0 radical (unpaired) electrons. The number of rotatable bonds is 17. The number of esters is 1. The van der Waals surface area contributed by atoms with Gasteiger partial charge in [0, 0.05) is 26.3 Å². The van der Waals surface area contributed by atoms with Gasteiger partial charge in [0.25, 0.3) is 0 Å². The Labute approximate surface area is 257 Å². The molecule has 0 spiro atoms. The van der Waals surface area contributed by atoms with Crippen LogP contribution < -0.4 is 25.8 Å². The van der Waals surface area contributed by atoms with Crippen molar-refractivity contribution in [2.24, 2.45) is 0 Å². The van der Waals surface area contributed by atoms with Gasteiger partial charge in [0.2, 0.25) is 0 Å². The van der Waals surface area contributed by atoms with E-state index < -0.39 is 0 Å². The van der Waals surface area contributed by atoms with Crippen molar-refractivity contribution in [1.82, 2.24) is 29.4 Å². The third kappa shape index (κ3) is 8.93. The summed E-state index contributed by atoms with van der Waals surface area (Å²) in [6.07, 6.45) is 4.79. The molecule has 3 N–H and O–H groups in total. The monoisotopic (exact) mass is 606 g/mol. The number of H-pyrrole nitrogens is 1. The number of hydrogen-bond acceptors (Lipinski definition) is 11. The van der Waals surface area contributed by atoms with E-state index in [1.807, 2.05) is 43.4 Å². The van der Waals surface area contributed by atoms with Crippen molar-refractivity contribution in [3.63, 3.8) is 0 Å². The van der Waals surface area contributed by atoms with Crippen LogP contribution in [-0.4, -0.2) is 89.4 Å². The number of aromatic amines is 1. The summed E-state index contributed by atoms with van der Waals surface area (Å²) in [6, 6.07) is 11.6. The molecule has 13 heteroatoms. The van der Waals surface area contributed by atoms with E-state index in [1.54, 1.807) is 6.20 Å². The number of nitrogens with two attached hydrogens (primary N) is 1. The molecule has 0 aliphatic carbocycles. The number of methoxy groups -OCH3 is 1. The topological polar surface area (TPSA) is 154 Å². The predicted molar refractivity (Wildman–Crippen MR) is 169 cm³/mol. The van der Waals surface area contributed by atoms with E-state index in [1.165, 1.54) is 11.7 Å². The number of nitrogens with zero attached hydrogens (tertiary/aromatic N) is 6. The number of nitrogen functional groups attached to an aromatic ring is 1. The molecule has 0 aliphatic rings. The van der Waals surface area contributed by atoms with Gasteiger partial charge >= 0.3 is 17.7 Å². The summed E-state index contributed by atoms with van der Waals surface area (Å²) in [6.45, 7) is 5.87. The van der Waals surface area contributed by atoms with E-state index in [2.05, 4.69) is 43.7 Å².